The lowest BCUT2D eigenvalue weighted by Gasteiger charge is -2.57. The molecule has 1 aliphatic rings. The van der Waals surface area contributed by atoms with Gasteiger partial charge < -0.3 is 27.2 Å². The fraction of sp³-hybridized carbons (Fsp3) is 1.00. The Morgan fingerprint density at radius 3 is 0.849 bits per heavy atom. The van der Waals surface area contributed by atoms with E-state index in [1.807, 2.05) is 0 Å². The molecule has 1 aliphatic heterocycles. The quantitative estimate of drug-likeness (QED) is 0.101. The van der Waals surface area contributed by atoms with Crippen molar-refractivity contribution in [3.8, 4) is 0 Å². The standard InChI is InChI=1S/C43H94O6Si4/c1-27(2)50(28(3)4,29(5)6)45-26-39-40(47-51(30(7)8,31(9)10)32(11)12)41(48-52(33(13)14,34(15)16)35(17)18)42(43(44-25)46-39)49-53(36(19)20,37(21)22)38(23)24/h27-43H,26H2,1-25H3/t39-,40-,41+,42-,43-/m1/s1. The molecule has 318 valence electrons. The molecule has 0 bridgehead atoms. The maximum absolute atomic E-state index is 8.12. The zero-order valence-electron chi connectivity index (χ0n) is 40.0. The molecule has 10 heteroatoms. The molecule has 5 atom stereocenters. The Labute approximate surface area is 336 Å². The van der Waals surface area contributed by atoms with Gasteiger partial charge in [-0.05, 0) is 66.5 Å². The largest absolute Gasteiger partial charge is 0.413 e. The maximum Gasteiger partial charge on any atom is 0.201 e. The second-order valence-corrected chi connectivity index (χ2v) is 42.3. The molecular weight excluding hydrogens is 725 g/mol. The lowest BCUT2D eigenvalue weighted by molar-refractivity contribution is -0.285. The van der Waals surface area contributed by atoms with Crippen LogP contribution in [0, 0.1) is 0 Å². The van der Waals surface area contributed by atoms with Crippen LogP contribution in [0.3, 0.4) is 0 Å². The summed E-state index contributed by atoms with van der Waals surface area (Å²) in [6.07, 6.45) is -2.10. The Kier molecular flexibility index (Phi) is 20.0. The summed E-state index contributed by atoms with van der Waals surface area (Å²) in [5.74, 6) is 0. The van der Waals surface area contributed by atoms with Gasteiger partial charge in [0.15, 0.2) is 14.6 Å². The molecular formula is C43H94O6Si4. The lowest BCUT2D eigenvalue weighted by Crippen LogP contribution is -2.70. The van der Waals surface area contributed by atoms with E-state index < -0.39 is 45.7 Å². The lowest BCUT2D eigenvalue weighted by atomic mass is 9.99. The van der Waals surface area contributed by atoms with Crippen LogP contribution in [-0.2, 0) is 27.2 Å². The van der Waals surface area contributed by atoms with Crippen molar-refractivity contribution in [2.45, 2.75) is 263 Å². The second kappa shape index (κ2) is 20.5. The molecule has 0 aromatic carbocycles. The van der Waals surface area contributed by atoms with Gasteiger partial charge >= 0.3 is 0 Å². The van der Waals surface area contributed by atoms with Crippen LogP contribution in [-0.4, -0.2) is 77.7 Å². The van der Waals surface area contributed by atoms with Gasteiger partial charge in [0, 0.05) is 7.11 Å². The summed E-state index contributed by atoms with van der Waals surface area (Å²) in [4.78, 5) is 0. The number of hydrogen-bond donors (Lipinski definition) is 0. The van der Waals surface area contributed by atoms with Crippen LogP contribution in [0.5, 0.6) is 0 Å². The average molecular weight is 820 g/mol. The van der Waals surface area contributed by atoms with Gasteiger partial charge in [-0.1, -0.05) is 166 Å². The van der Waals surface area contributed by atoms with Gasteiger partial charge in [0.1, 0.15) is 24.4 Å². The van der Waals surface area contributed by atoms with Crippen molar-refractivity contribution in [2.24, 2.45) is 0 Å². The number of hydrogen-bond acceptors (Lipinski definition) is 6. The zero-order valence-corrected chi connectivity index (χ0v) is 44.0. The molecule has 0 radical (unpaired) electrons. The summed E-state index contributed by atoms with van der Waals surface area (Å²) in [6.45, 7) is 57.6. The van der Waals surface area contributed by atoms with E-state index in [1.54, 1.807) is 7.11 Å². The van der Waals surface area contributed by atoms with Crippen molar-refractivity contribution in [3.63, 3.8) is 0 Å². The van der Waals surface area contributed by atoms with Gasteiger partial charge in [0.25, 0.3) is 0 Å². The first-order valence-electron chi connectivity index (χ1n) is 22.0. The molecule has 1 heterocycles. The van der Waals surface area contributed by atoms with E-state index in [1.165, 1.54) is 0 Å². The molecule has 0 spiro atoms. The van der Waals surface area contributed by atoms with E-state index in [9.17, 15) is 0 Å². The Bertz CT molecular complexity index is 970. The van der Waals surface area contributed by atoms with Crippen LogP contribution < -0.4 is 0 Å². The second-order valence-electron chi connectivity index (χ2n) is 20.6. The first kappa shape index (κ1) is 51.6. The average Bonchev–Trinajstić information content (AvgIpc) is 2.99. The van der Waals surface area contributed by atoms with Crippen LogP contribution in [0.2, 0.25) is 66.5 Å². The molecule has 0 aliphatic carbocycles. The SMILES string of the molecule is CO[C@@H]1O[C@H](CO[Si](C(C)C)(C(C)C)C(C)C)[C@@H](O[Si](C(C)C)(C(C)C)C(C)C)[C@H](O[Si](C(C)C)(C(C)C)C(C)C)[C@H]1O[Si](C(C)C)(C(C)C)C(C)C. The first-order valence-corrected chi connectivity index (χ1v) is 30.6. The highest BCUT2D eigenvalue weighted by Gasteiger charge is 2.61. The molecule has 53 heavy (non-hydrogen) atoms. The third kappa shape index (κ3) is 10.1. The Hall–Kier alpha value is 0.628. The summed E-state index contributed by atoms with van der Waals surface area (Å²) in [7, 11) is -7.81. The molecule has 0 aromatic rings. The van der Waals surface area contributed by atoms with Crippen LogP contribution in [0.4, 0.5) is 0 Å². The highest BCUT2D eigenvalue weighted by molar-refractivity contribution is 6.79. The zero-order chi connectivity index (χ0) is 41.8. The molecule has 1 rings (SSSR count). The van der Waals surface area contributed by atoms with E-state index in [4.69, 9.17) is 27.2 Å². The minimum absolute atomic E-state index is 0.357. The van der Waals surface area contributed by atoms with Gasteiger partial charge in [-0.3, -0.25) is 0 Å². The monoisotopic (exact) mass is 819 g/mol. The molecule has 1 fully saturated rings. The number of ether oxygens (including phenoxy) is 2. The molecule has 6 nitrogen and oxygen atoms in total. The van der Waals surface area contributed by atoms with Crippen molar-refractivity contribution in [1.29, 1.82) is 0 Å². The number of methoxy groups -OCH3 is 1. The molecule has 0 N–H and O–H groups in total. The van der Waals surface area contributed by atoms with Crippen LogP contribution in [0.15, 0.2) is 0 Å². The van der Waals surface area contributed by atoms with Crippen molar-refractivity contribution in [1.82, 2.24) is 0 Å². The summed E-state index contributed by atoms with van der Waals surface area (Å²) >= 11 is 0. The van der Waals surface area contributed by atoms with Gasteiger partial charge in [0.2, 0.25) is 25.0 Å². The first-order chi connectivity index (χ1) is 24.1. The maximum atomic E-state index is 8.12. The summed E-state index contributed by atoms with van der Waals surface area (Å²) in [6, 6.07) is 0. The van der Waals surface area contributed by atoms with E-state index in [-0.39, 0.29) is 18.3 Å². The minimum Gasteiger partial charge on any atom is -0.413 e. The molecule has 1 saturated heterocycles. The van der Waals surface area contributed by atoms with Crippen molar-refractivity contribution in [2.75, 3.05) is 13.7 Å². The topological polar surface area (TPSA) is 55.4 Å². The predicted octanol–water partition coefficient (Wildman–Crippen LogP) is 14.2. The third-order valence-corrected chi connectivity index (χ3v) is 38.5. The fourth-order valence-electron chi connectivity index (χ4n) is 12.3. The Morgan fingerprint density at radius 1 is 0.358 bits per heavy atom. The fourth-order valence-corrected chi connectivity index (χ4v) is 34.4. The molecule has 0 unspecified atom stereocenters. The van der Waals surface area contributed by atoms with E-state index >= 15 is 0 Å². The van der Waals surface area contributed by atoms with Crippen molar-refractivity contribution < 1.29 is 27.2 Å². The molecule has 0 amide bonds. The van der Waals surface area contributed by atoms with Crippen molar-refractivity contribution >= 4 is 33.3 Å². The van der Waals surface area contributed by atoms with Crippen molar-refractivity contribution in [3.05, 3.63) is 0 Å². The predicted molar refractivity (Wildman–Crippen MR) is 240 cm³/mol. The normalized spacial score (nSPS) is 23.2. The summed E-state index contributed by atoms with van der Waals surface area (Å²) in [5, 5.41) is 0. The minimum atomic E-state index is -2.47. The number of rotatable bonds is 22. The van der Waals surface area contributed by atoms with Crippen LogP contribution in [0.25, 0.3) is 0 Å². The van der Waals surface area contributed by atoms with Gasteiger partial charge in [-0.2, -0.15) is 0 Å². The Morgan fingerprint density at radius 2 is 0.604 bits per heavy atom. The third-order valence-electron chi connectivity index (χ3n) is 14.2. The molecule has 0 aromatic heterocycles. The smallest absolute Gasteiger partial charge is 0.201 e. The summed E-state index contributed by atoms with van der Waals surface area (Å²) in [5.41, 5.74) is 4.96. The highest BCUT2D eigenvalue weighted by Crippen LogP contribution is 2.51. The Balaban J connectivity index is 4.46. The van der Waals surface area contributed by atoms with Gasteiger partial charge in [-0.15, -0.1) is 0 Å². The van der Waals surface area contributed by atoms with E-state index in [2.05, 4.69) is 166 Å². The van der Waals surface area contributed by atoms with E-state index in [0.29, 0.717) is 73.1 Å². The summed E-state index contributed by atoms with van der Waals surface area (Å²) < 4.78 is 45.3. The highest BCUT2D eigenvalue weighted by atomic mass is 28.4. The molecule has 0 saturated carbocycles. The van der Waals surface area contributed by atoms with Gasteiger partial charge in [-0.25, -0.2) is 0 Å². The van der Waals surface area contributed by atoms with E-state index in [0.717, 1.165) is 0 Å². The van der Waals surface area contributed by atoms with Crippen LogP contribution >= 0.6 is 0 Å². The van der Waals surface area contributed by atoms with Crippen LogP contribution in [0.1, 0.15) is 166 Å². The van der Waals surface area contributed by atoms with Gasteiger partial charge in [0.05, 0.1) is 6.61 Å².